The molecule has 2 saturated heterocycles. The number of carbonyl (C=O) groups excluding carboxylic acids is 1. The number of hydrogen-bond acceptors (Lipinski definition) is 7. The molecular weight excluding hydrogens is 568 g/mol. The molecule has 6 fully saturated rings. The minimum Gasteiger partial charge on any atom is -0.382 e. The van der Waals surface area contributed by atoms with E-state index >= 15 is 0 Å². The van der Waals surface area contributed by atoms with Crippen molar-refractivity contribution in [3.8, 4) is 0 Å². The number of hydrogen-bond donors (Lipinski definition) is 3. The van der Waals surface area contributed by atoms with E-state index in [-0.39, 0.29) is 40.3 Å². The summed E-state index contributed by atoms with van der Waals surface area (Å²) in [6.45, 7) is 2.10. The zero-order valence-electron chi connectivity index (χ0n) is 28.4. The Bertz CT molecular complexity index is 899. The first-order chi connectivity index (χ1) is 21.9. The fourth-order valence-corrected chi connectivity index (χ4v) is 11.2. The number of ether oxygens (including phenoxy) is 2. The van der Waals surface area contributed by atoms with Crippen LogP contribution < -0.4 is 5.32 Å². The molecule has 2 aliphatic heterocycles. The molecule has 0 radical (unpaired) electrons. The first kappa shape index (κ1) is 33.9. The molecular formula is C36H64N4O5. The maximum absolute atomic E-state index is 14.7. The summed E-state index contributed by atoms with van der Waals surface area (Å²) < 4.78 is 11.2. The molecule has 2 heterocycles. The Morgan fingerprint density at radius 3 is 1.44 bits per heavy atom. The molecule has 3 N–H and O–H groups in total. The summed E-state index contributed by atoms with van der Waals surface area (Å²) in [6.07, 6.45) is 25.6. The van der Waals surface area contributed by atoms with Crippen molar-refractivity contribution >= 4 is 6.03 Å². The van der Waals surface area contributed by atoms with Crippen LogP contribution in [0.25, 0.3) is 0 Å². The van der Waals surface area contributed by atoms with Crippen LogP contribution in [0.5, 0.6) is 0 Å². The standard InChI is InChI=1S/C36H64N4O5/c1-44-24-25-45-23-22-38(31-28-35(18-10-4-11-19-35)40(43)36(29-31)20-12-5-13-21-36)32(41)37-30-26-33(14-6-2-7-15-33)39(42)34(27-30)16-8-3-9-17-34/h30-31,42-43H,2-29H2,1H3,(H,37,41). The Morgan fingerprint density at radius 2 is 1.04 bits per heavy atom. The van der Waals surface area contributed by atoms with Gasteiger partial charge in [-0.25, -0.2) is 4.79 Å². The summed E-state index contributed by atoms with van der Waals surface area (Å²) in [7, 11) is 1.69. The normalized spacial score (nSPS) is 31.4. The number of piperidine rings is 2. The lowest BCUT2D eigenvalue weighted by Crippen LogP contribution is -2.70. The third-order valence-corrected chi connectivity index (χ3v) is 13.4. The second kappa shape index (κ2) is 14.7. The van der Waals surface area contributed by atoms with Gasteiger partial charge in [0, 0.05) is 47.9 Å². The van der Waals surface area contributed by atoms with Gasteiger partial charge in [-0.1, -0.05) is 77.0 Å². The smallest absolute Gasteiger partial charge is 0.317 e. The lowest BCUT2D eigenvalue weighted by Gasteiger charge is -2.61. The number of rotatable bonds is 8. The molecule has 0 aromatic carbocycles. The quantitative estimate of drug-likeness (QED) is 0.244. The van der Waals surface area contributed by atoms with Crippen LogP contribution in [0, 0.1) is 0 Å². The molecule has 6 aliphatic rings. The Kier molecular flexibility index (Phi) is 11.0. The van der Waals surface area contributed by atoms with Crippen LogP contribution in [0.1, 0.15) is 154 Å². The first-order valence-corrected chi connectivity index (χ1v) is 19.0. The zero-order chi connectivity index (χ0) is 31.4. The highest BCUT2D eigenvalue weighted by Crippen LogP contribution is 2.53. The fraction of sp³-hybridized carbons (Fsp3) is 0.972. The van der Waals surface area contributed by atoms with Gasteiger partial charge in [0.25, 0.3) is 0 Å². The third kappa shape index (κ3) is 6.96. The van der Waals surface area contributed by atoms with Crippen LogP contribution in [-0.4, -0.2) is 99.2 Å². The molecule has 2 amide bonds. The highest BCUT2D eigenvalue weighted by molar-refractivity contribution is 5.75. The lowest BCUT2D eigenvalue weighted by atomic mass is 9.65. The van der Waals surface area contributed by atoms with Gasteiger partial charge in [0.15, 0.2) is 0 Å². The maximum atomic E-state index is 14.7. The van der Waals surface area contributed by atoms with Gasteiger partial charge in [0.2, 0.25) is 0 Å². The predicted molar refractivity (Wildman–Crippen MR) is 174 cm³/mol. The molecule has 6 rings (SSSR count). The number of carbonyl (C=O) groups is 1. The summed E-state index contributed by atoms with van der Waals surface area (Å²) >= 11 is 0. The van der Waals surface area contributed by atoms with Crippen LogP contribution in [0.3, 0.4) is 0 Å². The largest absolute Gasteiger partial charge is 0.382 e. The second-order valence-corrected chi connectivity index (χ2v) is 16.2. The molecule has 0 aromatic heterocycles. The fourth-order valence-electron chi connectivity index (χ4n) is 11.2. The van der Waals surface area contributed by atoms with Crippen LogP contribution in [0.4, 0.5) is 4.79 Å². The van der Waals surface area contributed by atoms with E-state index in [9.17, 15) is 15.2 Å². The molecule has 9 heteroatoms. The summed E-state index contributed by atoms with van der Waals surface area (Å²) in [5.41, 5.74) is -0.927. The molecule has 45 heavy (non-hydrogen) atoms. The SMILES string of the molecule is COCCOCCN(C(=O)NC1CC2(CCCCC2)N(O)C2(CCCCC2)C1)C1CC2(CCCCC2)N(O)C2(CCCCC2)C1. The van der Waals surface area contributed by atoms with E-state index in [1.165, 1.54) is 25.7 Å². The van der Waals surface area contributed by atoms with Crippen molar-refractivity contribution < 1.29 is 24.7 Å². The molecule has 0 bridgehead atoms. The Morgan fingerprint density at radius 1 is 0.644 bits per heavy atom. The van der Waals surface area contributed by atoms with Gasteiger partial charge in [0.05, 0.1) is 19.8 Å². The molecule has 4 spiro atoms. The van der Waals surface area contributed by atoms with E-state index in [1.54, 1.807) is 7.11 Å². The molecule has 258 valence electrons. The highest BCUT2D eigenvalue weighted by atomic mass is 16.5. The molecule has 4 aliphatic carbocycles. The summed E-state index contributed by atoms with van der Waals surface area (Å²) in [6, 6.07) is 0.159. The molecule has 0 unspecified atom stereocenters. The van der Waals surface area contributed by atoms with Crippen molar-refractivity contribution in [3.63, 3.8) is 0 Å². The van der Waals surface area contributed by atoms with Crippen LogP contribution in [0.15, 0.2) is 0 Å². The number of nitrogens with zero attached hydrogens (tertiary/aromatic N) is 3. The predicted octanol–water partition coefficient (Wildman–Crippen LogP) is 7.18. The van der Waals surface area contributed by atoms with Crippen LogP contribution in [-0.2, 0) is 9.47 Å². The van der Waals surface area contributed by atoms with Crippen LogP contribution >= 0.6 is 0 Å². The molecule has 0 atom stereocenters. The number of methoxy groups -OCH3 is 1. The average molecular weight is 633 g/mol. The van der Waals surface area contributed by atoms with Gasteiger partial charge < -0.3 is 30.1 Å². The van der Waals surface area contributed by atoms with Gasteiger partial charge in [-0.2, -0.15) is 10.1 Å². The van der Waals surface area contributed by atoms with E-state index in [1.807, 2.05) is 10.1 Å². The van der Waals surface area contributed by atoms with Crippen molar-refractivity contribution in [2.24, 2.45) is 0 Å². The minimum absolute atomic E-state index is 0.0342. The van der Waals surface area contributed by atoms with E-state index in [0.29, 0.717) is 26.4 Å². The second-order valence-electron chi connectivity index (χ2n) is 16.2. The van der Waals surface area contributed by atoms with Crippen molar-refractivity contribution in [2.45, 2.75) is 188 Å². The number of hydroxylamine groups is 4. The average Bonchev–Trinajstić information content (AvgIpc) is 3.06. The van der Waals surface area contributed by atoms with E-state index in [4.69, 9.17) is 9.47 Å². The lowest BCUT2D eigenvalue weighted by molar-refractivity contribution is -0.285. The number of amides is 2. The molecule has 9 nitrogen and oxygen atoms in total. The minimum atomic E-state index is -0.242. The first-order valence-electron chi connectivity index (χ1n) is 19.0. The summed E-state index contributed by atoms with van der Waals surface area (Å²) in [5.74, 6) is 0. The monoisotopic (exact) mass is 632 g/mol. The molecule has 0 aromatic rings. The third-order valence-electron chi connectivity index (χ3n) is 13.4. The van der Waals surface area contributed by atoms with E-state index in [2.05, 4.69) is 10.2 Å². The summed E-state index contributed by atoms with van der Waals surface area (Å²) in [4.78, 5) is 16.8. The number of nitrogens with one attached hydrogen (secondary N) is 1. The van der Waals surface area contributed by atoms with Crippen molar-refractivity contribution in [3.05, 3.63) is 0 Å². The van der Waals surface area contributed by atoms with Gasteiger partial charge >= 0.3 is 6.03 Å². The Labute approximate surface area is 272 Å². The van der Waals surface area contributed by atoms with E-state index < -0.39 is 0 Å². The number of urea groups is 1. The Hall–Kier alpha value is -0.970. The van der Waals surface area contributed by atoms with Crippen molar-refractivity contribution in [1.29, 1.82) is 0 Å². The maximum Gasteiger partial charge on any atom is 0.317 e. The highest BCUT2D eigenvalue weighted by Gasteiger charge is 2.57. The van der Waals surface area contributed by atoms with Gasteiger partial charge in [0.1, 0.15) is 0 Å². The summed E-state index contributed by atoms with van der Waals surface area (Å²) in [5, 5.41) is 31.2. The topological polar surface area (TPSA) is 97.7 Å². The zero-order valence-corrected chi connectivity index (χ0v) is 28.4. The van der Waals surface area contributed by atoms with Crippen molar-refractivity contribution in [2.75, 3.05) is 33.5 Å². The molecule has 4 saturated carbocycles. The van der Waals surface area contributed by atoms with Crippen molar-refractivity contribution in [1.82, 2.24) is 20.3 Å². The van der Waals surface area contributed by atoms with Gasteiger partial charge in [-0.15, -0.1) is 0 Å². The van der Waals surface area contributed by atoms with E-state index in [0.717, 1.165) is 128 Å². The van der Waals surface area contributed by atoms with Crippen LogP contribution in [0.2, 0.25) is 0 Å². The Balaban J connectivity index is 1.25. The van der Waals surface area contributed by atoms with Gasteiger partial charge in [-0.05, 0) is 77.0 Å². The van der Waals surface area contributed by atoms with Gasteiger partial charge in [-0.3, -0.25) is 0 Å².